The minimum Gasteiger partial charge on any atom is -0.378 e. The van der Waals surface area contributed by atoms with E-state index in [0.717, 1.165) is 13.1 Å². The van der Waals surface area contributed by atoms with E-state index >= 15 is 0 Å². The lowest BCUT2D eigenvalue weighted by Crippen LogP contribution is -2.28. The first-order chi connectivity index (χ1) is 8.63. The van der Waals surface area contributed by atoms with E-state index < -0.39 is 0 Å². The first kappa shape index (κ1) is 14.6. The Bertz CT molecular complexity index is 506. The molecule has 0 atom stereocenters. The quantitative estimate of drug-likeness (QED) is 0.773. The number of aryl methyl sites for hydroxylation is 2. The minimum atomic E-state index is 1.07. The average molecular weight is 246 g/mol. The molecule has 18 heavy (non-hydrogen) atoms. The summed E-state index contributed by atoms with van der Waals surface area (Å²) in [5.41, 5.74) is 1.33. The van der Waals surface area contributed by atoms with Crippen molar-refractivity contribution < 1.29 is 0 Å². The highest BCUT2D eigenvalue weighted by Gasteiger charge is 1.95. The van der Waals surface area contributed by atoms with E-state index in [2.05, 4.69) is 74.8 Å². The van der Waals surface area contributed by atoms with E-state index in [4.69, 9.17) is 0 Å². The second-order valence-corrected chi connectivity index (χ2v) is 4.65. The average Bonchev–Trinajstić information content (AvgIpc) is 2.62. The third kappa shape index (κ3) is 3.52. The van der Waals surface area contributed by atoms with Crippen molar-refractivity contribution in [2.45, 2.75) is 34.1 Å². The Hall–Kier alpha value is -1.44. The predicted molar refractivity (Wildman–Crippen MR) is 80.7 cm³/mol. The molecule has 0 N–H and O–H groups in total. The monoisotopic (exact) mass is 246 g/mol. The maximum Gasteiger partial charge on any atom is 0.0477 e. The molecule has 1 rings (SSSR count). The SMILES string of the molecule is C/C=c1/c(C)cn(C)/c1=C/C=C/N(CC)CCC. The van der Waals surface area contributed by atoms with Crippen molar-refractivity contribution in [2.24, 2.45) is 7.05 Å². The molecule has 100 valence electrons. The summed E-state index contributed by atoms with van der Waals surface area (Å²) in [4.78, 5) is 2.33. The molecule has 1 aromatic heterocycles. The van der Waals surface area contributed by atoms with Crippen molar-refractivity contribution in [3.8, 4) is 0 Å². The lowest BCUT2D eigenvalue weighted by atomic mass is 10.2. The van der Waals surface area contributed by atoms with Crippen LogP contribution in [-0.2, 0) is 7.05 Å². The predicted octanol–water partition coefficient (Wildman–Crippen LogP) is 2.16. The van der Waals surface area contributed by atoms with Crippen LogP contribution in [-0.4, -0.2) is 22.6 Å². The summed E-state index contributed by atoms with van der Waals surface area (Å²) in [6.45, 7) is 10.9. The highest BCUT2D eigenvalue weighted by atomic mass is 15.1. The van der Waals surface area contributed by atoms with Gasteiger partial charge in [0.1, 0.15) is 0 Å². The summed E-state index contributed by atoms with van der Waals surface area (Å²) in [7, 11) is 2.10. The first-order valence-electron chi connectivity index (χ1n) is 6.84. The van der Waals surface area contributed by atoms with Crippen molar-refractivity contribution in [3.63, 3.8) is 0 Å². The van der Waals surface area contributed by atoms with E-state index in [9.17, 15) is 0 Å². The summed E-state index contributed by atoms with van der Waals surface area (Å²) in [6.07, 6.45) is 12.1. The molecule has 0 radical (unpaired) electrons. The van der Waals surface area contributed by atoms with Crippen LogP contribution in [0.4, 0.5) is 0 Å². The Balaban J connectivity index is 3.01. The zero-order valence-electron chi connectivity index (χ0n) is 12.4. The smallest absolute Gasteiger partial charge is 0.0477 e. The molecule has 0 unspecified atom stereocenters. The van der Waals surface area contributed by atoms with E-state index in [1.165, 1.54) is 22.6 Å². The molecule has 0 saturated heterocycles. The van der Waals surface area contributed by atoms with Crippen LogP contribution in [0, 0.1) is 6.92 Å². The van der Waals surface area contributed by atoms with Gasteiger partial charge in [-0.25, -0.2) is 0 Å². The van der Waals surface area contributed by atoms with Gasteiger partial charge in [-0.15, -0.1) is 0 Å². The molecule has 0 bridgehead atoms. The molecule has 2 nitrogen and oxygen atoms in total. The zero-order valence-corrected chi connectivity index (χ0v) is 12.4. The molecule has 0 aliphatic rings. The van der Waals surface area contributed by atoms with Crippen LogP contribution in [0.15, 0.2) is 18.5 Å². The van der Waals surface area contributed by atoms with Crippen molar-refractivity contribution in [1.29, 1.82) is 0 Å². The van der Waals surface area contributed by atoms with Gasteiger partial charge in [-0.05, 0) is 56.3 Å². The minimum absolute atomic E-state index is 1.07. The zero-order chi connectivity index (χ0) is 13.5. The molecule has 0 fully saturated rings. The summed E-state index contributed by atoms with van der Waals surface area (Å²) >= 11 is 0. The first-order valence-corrected chi connectivity index (χ1v) is 6.84. The van der Waals surface area contributed by atoms with Gasteiger partial charge in [0.15, 0.2) is 0 Å². The summed E-state index contributed by atoms with van der Waals surface area (Å²) < 4.78 is 2.19. The molecule has 0 aliphatic heterocycles. The van der Waals surface area contributed by atoms with Gasteiger partial charge < -0.3 is 9.47 Å². The fraction of sp³-hybridized carbons (Fsp3) is 0.500. The molecule has 1 heterocycles. The Morgan fingerprint density at radius 1 is 1.33 bits per heavy atom. The fourth-order valence-corrected chi connectivity index (χ4v) is 2.29. The van der Waals surface area contributed by atoms with E-state index in [0.29, 0.717) is 0 Å². The lowest BCUT2D eigenvalue weighted by Gasteiger charge is -2.15. The molecule has 0 aliphatic carbocycles. The van der Waals surface area contributed by atoms with Crippen LogP contribution >= 0.6 is 0 Å². The van der Waals surface area contributed by atoms with Crippen LogP contribution < -0.4 is 10.6 Å². The molecule has 2 heteroatoms. The lowest BCUT2D eigenvalue weighted by molar-refractivity contribution is 0.396. The standard InChI is InChI=1S/C16H26N2/c1-6-11-18(8-3)12-9-10-16-15(7-2)14(4)13-17(16)5/h7,9-10,12-13H,6,8,11H2,1-5H3/b12-9+,15-7-,16-10+. The van der Waals surface area contributed by atoms with Gasteiger partial charge in [-0.3, -0.25) is 0 Å². The van der Waals surface area contributed by atoms with E-state index in [1.807, 2.05) is 0 Å². The largest absolute Gasteiger partial charge is 0.378 e. The van der Waals surface area contributed by atoms with Crippen LogP contribution in [0.3, 0.4) is 0 Å². The van der Waals surface area contributed by atoms with Crippen molar-refractivity contribution in [3.05, 3.63) is 34.6 Å². The molecular formula is C16H26N2. The Morgan fingerprint density at radius 2 is 2.06 bits per heavy atom. The van der Waals surface area contributed by atoms with Gasteiger partial charge in [-0.2, -0.15) is 0 Å². The van der Waals surface area contributed by atoms with Crippen LogP contribution in [0.1, 0.15) is 32.8 Å². The summed E-state index contributed by atoms with van der Waals surface area (Å²) in [5, 5.41) is 2.61. The van der Waals surface area contributed by atoms with Crippen LogP contribution in [0.5, 0.6) is 0 Å². The normalized spacial score (nSPS) is 13.8. The summed E-state index contributed by atoms with van der Waals surface area (Å²) in [6, 6.07) is 0. The van der Waals surface area contributed by atoms with Crippen molar-refractivity contribution in [2.75, 3.05) is 13.1 Å². The number of hydrogen-bond donors (Lipinski definition) is 0. The van der Waals surface area contributed by atoms with Crippen molar-refractivity contribution >= 4 is 12.2 Å². The molecule has 0 spiro atoms. The number of hydrogen-bond acceptors (Lipinski definition) is 1. The Morgan fingerprint density at radius 3 is 2.61 bits per heavy atom. The topological polar surface area (TPSA) is 8.17 Å². The fourth-order valence-electron chi connectivity index (χ4n) is 2.29. The molecular weight excluding hydrogens is 220 g/mol. The molecule has 1 aromatic rings. The Labute approximate surface area is 111 Å². The van der Waals surface area contributed by atoms with E-state index in [1.54, 1.807) is 0 Å². The van der Waals surface area contributed by atoms with Gasteiger partial charge in [0.2, 0.25) is 0 Å². The van der Waals surface area contributed by atoms with Gasteiger partial charge in [0.25, 0.3) is 0 Å². The number of rotatable bonds is 5. The highest BCUT2D eigenvalue weighted by Crippen LogP contribution is 1.92. The second kappa shape index (κ2) is 7.10. The Kier molecular flexibility index (Phi) is 5.76. The number of aromatic nitrogens is 1. The van der Waals surface area contributed by atoms with Crippen molar-refractivity contribution in [1.82, 2.24) is 9.47 Å². The number of nitrogens with zero attached hydrogens (tertiary/aromatic N) is 2. The third-order valence-corrected chi connectivity index (χ3v) is 3.22. The number of allylic oxidation sites excluding steroid dienone is 1. The van der Waals surface area contributed by atoms with Gasteiger partial charge in [0.05, 0.1) is 0 Å². The highest BCUT2D eigenvalue weighted by molar-refractivity contribution is 5.39. The summed E-state index contributed by atoms with van der Waals surface area (Å²) in [5.74, 6) is 0. The van der Waals surface area contributed by atoms with Crippen LogP contribution in [0.25, 0.3) is 12.2 Å². The molecule has 0 amide bonds. The maximum absolute atomic E-state index is 2.33. The molecule has 0 saturated carbocycles. The molecule has 0 aromatic carbocycles. The maximum atomic E-state index is 2.33. The van der Waals surface area contributed by atoms with Gasteiger partial charge in [-0.1, -0.05) is 13.0 Å². The second-order valence-electron chi connectivity index (χ2n) is 4.65. The van der Waals surface area contributed by atoms with E-state index in [-0.39, 0.29) is 0 Å². The third-order valence-electron chi connectivity index (χ3n) is 3.22. The van der Waals surface area contributed by atoms with Crippen LogP contribution in [0.2, 0.25) is 0 Å². The van der Waals surface area contributed by atoms with Gasteiger partial charge >= 0.3 is 0 Å². The van der Waals surface area contributed by atoms with Gasteiger partial charge in [0, 0.05) is 31.7 Å².